The Bertz CT molecular complexity index is 327. The molecule has 1 saturated heterocycles. The molecule has 0 radical (unpaired) electrons. The van der Waals surface area contributed by atoms with Crippen molar-refractivity contribution in [3.63, 3.8) is 0 Å². The second-order valence-corrected chi connectivity index (χ2v) is 5.08. The van der Waals surface area contributed by atoms with E-state index < -0.39 is 12.1 Å². The van der Waals surface area contributed by atoms with Crippen molar-refractivity contribution < 1.29 is 14.3 Å². The first-order valence-electron chi connectivity index (χ1n) is 6.52. The predicted molar refractivity (Wildman–Crippen MR) is 65.9 cm³/mol. The molecule has 2 amide bonds. The fraction of sp³-hybridized carbons (Fsp3) is 0.833. The van der Waals surface area contributed by atoms with Crippen molar-refractivity contribution in [3.8, 4) is 0 Å². The zero-order valence-electron chi connectivity index (χ0n) is 10.7. The third-order valence-electron chi connectivity index (χ3n) is 3.90. The van der Waals surface area contributed by atoms with Crippen LogP contribution in [0.4, 0.5) is 4.79 Å². The first-order chi connectivity index (χ1) is 8.61. The van der Waals surface area contributed by atoms with Crippen LogP contribution in [0.2, 0.25) is 0 Å². The molecule has 2 rings (SSSR count). The molecule has 6 nitrogen and oxygen atoms in total. The molecule has 0 aromatic rings. The number of hydrogen-bond acceptors (Lipinski definition) is 4. The van der Waals surface area contributed by atoms with Crippen LogP contribution < -0.4 is 11.1 Å². The van der Waals surface area contributed by atoms with E-state index in [4.69, 9.17) is 5.73 Å². The summed E-state index contributed by atoms with van der Waals surface area (Å²) in [5, 5.41) is 2.58. The highest BCUT2D eigenvalue weighted by molar-refractivity contribution is 5.87. The van der Waals surface area contributed by atoms with Crippen LogP contribution in [-0.2, 0) is 9.53 Å². The molecular weight excluding hydrogens is 234 g/mol. The van der Waals surface area contributed by atoms with Gasteiger partial charge in [0.2, 0.25) is 5.91 Å². The van der Waals surface area contributed by atoms with E-state index in [9.17, 15) is 9.59 Å². The molecule has 3 N–H and O–H groups in total. The van der Waals surface area contributed by atoms with Crippen molar-refractivity contribution in [2.45, 2.75) is 50.2 Å². The first kappa shape index (κ1) is 13.1. The highest BCUT2D eigenvalue weighted by Crippen LogP contribution is 2.26. The number of nitrogens with one attached hydrogen (secondary N) is 1. The lowest BCUT2D eigenvalue weighted by molar-refractivity contribution is -0.131. The lowest BCUT2D eigenvalue weighted by atomic mass is 9.91. The lowest BCUT2D eigenvalue weighted by Crippen LogP contribution is -2.46. The van der Waals surface area contributed by atoms with E-state index in [-0.39, 0.29) is 11.9 Å². The standard InChI is InChI=1S/C12H21N3O3/c1-18-12(17)14-10-6-7-15(11(10)16)9-4-2-8(13)3-5-9/h8-10H,2-7,13H2,1H3,(H,14,17)/t8-,9-,10-/m0/s1. The van der Waals surface area contributed by atoms with Crippen LogP contribution in [-0.4, -0.2) is 48.7 Å². The highest BCUT2D eigenvalue weighted by atomic mass is 16.5. The molecular formula is C12H21N3O3. The molecule has 2 fully saturated rings. The minimum absolute atomic E-state index is 0.0147. The van der Waals surface area contributed by atoms with Gasteiger partial charge in [0, 0.05) is 18.6 Å². The molecule has 1 atom stereocenters. The Morgan fingerprint density at radius 1 is 1.33 bits per heavy atom. The van der Waals surface area contributed by atoms with E-state index >= 15 is 0 Å². The van der Waals surface area contributed by atoms with Crippen LogP contribution >= 0.6 is 0 Å². The normalized spacial score (nSPS) is 32.4. The summed E-state index contributed by atoms with van der Waals surface area (Å²) < 4.78 is 4.52. The number of carbonyl (C=O) groups is 2. The van der Waals surface area contributed by atoms with Crippen LogP contribution in [0.15, 0.2) is 0 Å². The SMILES string of the molecule is COC(=O)N[C@H]1CCN([C@H]2CC[C@H](N)CC2)C1=O. The van der Waals surface area contributed by atoms with Gasteiger partial charge in [-0.05, 0) is 32.1 Å². The third kappa shape index (κ3) is 2.75. The van der Waals surface area contributed by atoms with Crippen molar-refractivity contribution >= 4 is 12.0 Å². The molecule has 0 aromatic carbocycles. The Morgan fingerprint density at radius 2 is 2.00 bits per heavy atom. The molecule has 0 bridgehead atoms. The van der Waals surface area contributed by atoms with Crippen molar-refractivity contribution in [1.82, 2.24) is 10.2 Å². The Morgan fingerprint density at radius 3 is 2.61 bits per heavy atom. The summed E-state index contributed by atoms with van der Waals surface area (Å²) in [6.07, 6.45) is 4.01. The number of alkyl carbamates (subject to hydrolysis) is 1. The molecule has 1 saturated carbocycles. The second-order valence-electron chi connectivity index (χ2n) is 5.08. The maximum Gasteiger partial charge on any atom is 0.407 e. The molecule has 0 unspecified atom stereocenters. The van der Waals surface area contributed by atoms with Crippen molar-refractivity contribution in [2.24, 2.45) is 5.73 Å². The number of methoxy groups -OCH3 is 1. The molecule has 2 aliphatic rings. The smallest absolute Gasteiger partial charge is 0.407 e. The van der Waals surface area contributed by atoms with Gasteiger partial charge in [0.05, 0.1) is 7.11 Å². The highest BCUT2D eigenvalue weighted by Gasteiger charge is 2.37. The number of nitrogens with zero attached hydrogens (tertiary/aromatic N) is 1. The summed E-state index contributed by atoms with van der Waals surface area (Å²) in [7, 11) is 1.30. The number of likely N-dealkylation sites (tertiary alicyclic amines) is 1. The molecule has 1 aliphatic carbocycles. The summed E-state index contributed by atoms with van der Waals surface area (Å²) in [6.45, 7) is 0.716. The molecule has 0 aromatic heterocycles. The van der Waals surface area contributed by atoms with Crippen molar-refractivity contribution in [3.05, 3.63) is 0 Å². The predicted octanol–water partition coefficient (Wildman–Crippen LogP) is 0.213. The Labute approximate surface area is 107 Å². The largest absolute Gasteiger partial charge is 0.453 e. The van der Waals surface area contributed by atoms with Gasteiger partial charge in [-0.15, -0.1) is 0 Å². The van der Waals surface area contributed by atoms with E-state index in [1.54, 1.807) is 0 Å². The van der Waals surface area contributed by atoms with Crippen LogP contribution in [0, 0.1) is 0 Å². The van der Waals surface area contributed by atoms with Gasteiger partial charge in [-0.3, -0.25) is 4.79 Å². The van der Waals surface area contributed by atoms with Gasteiger partial charge < -0.3 is 20.7 Å². The Balaban J connectivity index is 1.88. The maximum atomic E-state index is 12.2. The quantitative estimate of drug-likeness (QED) is 0.739. The topological polar surface area (TPSA) is 84.7 Å². The van der Waals surface area contributed by atoms with E-state index in [1.165, 1.54) is 7.11 Å². The number of rotatable bonds is 2. The summed E-state index contributed by atoms with van der Waals surface area (Å²) in [4.78, 5) is 25.2. The van der Waals surface area contributed by atoms with Crippen molar-refractivity contribution in [1.29, 1.82) is 0 Å². The molecule has 18 heavy (non-hydrogen) atoms. The molecule has 1 heterocycles. The van der Waals surface area contributed by atoms with Gasteiger partial charge in [-0.2, -0.15) is 0 Å². The van der Waals surface area contributed by atoms with Gasteiger partial charge in [0.1, 0.15) is 6.04 Å². The number of nitrogens with two attached hydrogens (primary N) is 1. The van der Waals surface area contributed by atoms with Crippen LogP contribution in [0.5, 0.6) is 0 Å². The number of hydrogen-bond donors (Lipinski definition) is 2. The Kier molecular flexibility index (Phi) is 4.06. The van der Waals surface area contributed by atoms with Crippen molar-refractivity contribution in [2.75, 3.05) is 13.7 Å². The zero-order chi connectivity index (χ0) is 13.1. The number of carbonyl (C=O) groups excluding carboxylic acids is 2. The fourth-order valence-electron chi connectivity index (χ4n) is 2.81. The van der Waals surface area contributed by atoms with Gasteiger partial charge in [0.25, 0.3) is 0 Å². The minimum atomic E-state index is -0.541. The average Bonchev–Trinajstić information content (AvgIpc) is 2.72. The monoisotopic (exact) mass is 255 g/mol. The average molecular weight is 255 g/mol. The molecule has 6 heteroatoms. The second kappa shape index (κ2) is 5.56. The summed E-state index contributed by atoms with van der Waals surface area (Å²) >= 11 is 0. The Hall–Kier alpha value is -1.30. The number of ether oxygens (including phenoxy) is 1. The van der Waals surface area contributed by atoms with Gasteiger partial charge in [0.15, 0.2) is 0 Å². The van der Waals surface area contributed by atoms with E-state index in [0.29, 0.717) is 19.0 Å². The summed E-state index contributed by atoms with van der Waals surface area (Å²) in [6, 6.07) is 0.151. The van der Waals surface area contributed by atoms with Crippen LogP contribution in [0.25, 0.3) is 0 Å². The number of amides is 2. The third-order valence-corrected chi connectivity index (χ3v) is 3.90. The molecule has 102 valence electrons. The van der Waals surface area contributed by atoms with E-state index in [2.05, 4.69) is 10.1 Å². The first-order valence-corrected chi connectivity index (χ1v) is 6.52. The van der Waals surface area contributed by atoms with Gasteiger partial charge in [-0.1, -0.05) is 0 Å². The molecule has 0 spiro atoms. The van der Waals surface area contributed by atoms with Crippen LogP contribution in [0.1, 0.15) is 32.1 Å². The molecule has 1 aliphatic heterocycles. The van der Waals surface area contributed by atoms with Gasteiger partial charge >= 0.3 is 6.09 Å². The maximum absolute atomic E-state index is 12.2. The fourth-order valence-corrected chi connectivity index (χ4v) is 2.81. The summed E-state index contributed by atoms with van der Waals surface area (Å²) in [5.74, 6) is 0.0147. The van der Waals surface area contributed by atoms with E-state index in [0.717, 1.165) is 25.7 Å². The van der Waals surface area contributed by atoms with E-state index in [1.807, 2.05) is 4.90 Å². The minimum Gasteiger partial charge on any atom is -0.453 e. The lowest BCUT2D eigenvalue weighted by Gasteiger charge is -2.33. The van der Waals surface area contributed by atoms with Crippen LogP contribution in [0.3, 0.4) is 0 Å². The zero-order valence-corrected chi connectivity index (χ0v) is 10.7. The van der Waals surface area contributed by atoms with Gasteiger partial charge in [-0.25, -0.2) is 4.79 Å². The summed E-state index contributed by atoms with van der Waals surface area (Å²) in [5.41, 5.74) is 5.86.